The predicted molar refractivity (Wildman–Crippen MR) is 204 cm³/mol. The van der Waals surface area contributed by atoms with E-state index in [9.17, 15) is 14.4 Å². The highest BCUT2D eigenvalue weighted by atomic mass is 79.9. The fourth-order valence-electron chi connectivity index (χ4n) is 8.09. The zero-order valence-electron chi connectivity index (χ0n) is 29.8. The number of hydrogen-bond acceptors (Lipinski definition) is 7. The van der Waals surface area contributed by atoms with Crippen LogP contribution in [-0.4, -0.2) is 80.0 Å². The molecule has 3 aromatic carbocycles. The van der Waals surface area contributed by atoms with Crippen molar-refractivity contribution in [2.45, 2.75) is 46.4 Å². The van der Waals surface area contributed by atoms with Crippen LogP contribution in [0.3, 0.4) is 0 Å². The molecule has 1 atom stereocenters. The molecule has 2 amide bonds. The van der Waals surface area contributed by atoms with Crippen molar-refractivity contribution in [2.24, 2.45) is 5.41 Å². The monoisotopic (exact) mass is 760 g/mol. The van der Waals surface area contributed by atoms with Crippen LogP contribution in [0.4, 0.5) is 5.69 Å². The summed E-state index contributed by atoms with van der Waals surface area (Å²) in [6, 6.07) is 22.7. The number of amides is 2. The molecule has 5 aromatic rings. The minimum Gasteiger partial charge on any atom is -0.370 e. The molecule has 0 aliphatic carbocycles. The second-order valence-electron chi connectivity index (χ2n) is 14.7. The summed E-state index contributed by atoms with van der Waals surface area (Å²) in [5.74, 6) is 0.0179. The number of likely N-dealkylation sites (tertiary alicyclic amines) is 1. The van der Waals surface area contributed by atoms with E-state index in [2.05, 4.69) is 48.1 Å². The molecule has 0 bridgehead atoms. The number of carbonyl (C=O) groups excluding carboxylic acids is 2. The van der Waals surface area contributed by atoms with Gasteiger partial charge in [0, 0.05) is 83.9 Å². The maximum absolute atomic E-state index is 14.4. The standard InChI is InChI=1S/C40H41BrN8O3/c1-25-17-28(9-14-33(25)41)38(51)47-20-34-35(37(50)43-18-29-7-5-6-8-32(29)36-42-16-15-26(2)44-36)49(39(52)48(34)19-27(47)3)31-12-10-30(11-13-31)46-23-40(24-46)21-45(4)22-40/h5-17,27H,18-24H2,1-4H3,(H,43,50)/t27-/m0/s1. The first-order chi connectivity index (χ1) is 25.0. The van der Waals surface area contributed by atoms with Crippen molar-refractivity contribution in [2.75, 3.05) is 38.1 Å². The van der Waals surface area contributed by atoms with E-state index in [0.29, 0.717) is 28.2 Å². The predicted octanol–water partition coefficient (Wildman–Crippen LogP) is 5.20. The summed E-state index contributed by atoms with van der Waals surface area (Å²) in [5, 5.41) is 3.10. The highest BCUT2D eigenvalue weighted by Crippen LogP contribution is 2.41. The number of aromatic nitrogens is 4. The number of aryl methyl sites for hydroxylation is 2. The Morgan fingerprint density at radius 2 is 1.69 bits per heavy atom. The lowest BCUT2D eigenvalue weighted by atomic mass is 9.73. The Bertz CT molecular complexity index is 2270. The van der Waals surface area contributed by atoms with E-state index in [1.807, 2.05) is 87.5 Å². The van der Waals surface area contributed by atoms with Crippen LogP contribution in [0, 0.1) is 19.3 Å². The van der Waals surface area contributed by atoms with E-state index in [1.54, 1.807) is 21.7 Å². The molecule has 11 nitrogen and oxygen atoms in total. The van der Waals surface area contributed by atoms with Crippen LogP contribution in [0.15, 0.2) is 88.3 Å². The molecular weight excluding hydrogens is 720 g/mol. The summed E-state index contributed by atoms with van der Waals surface area (Å²) in [7, 11) is 2.15. The molecule has 0 saturated carbocycles. The number of imidazole rings is 1. The lowest BCUT2D eigenvalue weighted by Gasteiger charge is -2.60. The van der Waals surface area contributed by atoms with Gasteiger partial charge in [-0.3, -0.25) is 18.7 Å². The van der Waals surface area contributed by atoms with Gasteiger partial charge in [0.2, 0.25) is 0 Å². The highest BCUT2D eigenvalue weighted by molar-refractivity contribution is 9.10. The van der Waals surface area contributed by atoms with Crippen LogP contribution in [0.1, 0.15) is 50.3 Å². The highest BCUT2D eigenvalue weighted by Gasteiger charge is 2.50. The second kappa shape index (κ2) is 13.2. The number of nitrogens with zero attached hydrogens (tertiary/aromatic N) is 7. The summed E-state index contributed by atoms with van der Waals surface area (Å²) in [6.45, 7) is 10.6. The first-order valence-corrected chi connectivity index (χ1v) is 18.4. The van der Waals surface area contributed by atoms with Crippen molar-refractivity contribution >= 4 is 33.4 Å². The normalized spacial score (nSPS) is 17.8. The van der Waals surface area contributed by atoms with Crippen molar-refractivity contribution < 1.29 is 9.59 Å². The molecule has 12 heteroatoms. The number of nitrogens with one attached hydrogen (secondary N) is 1. The van der Waals surface area contributed by atoms with Gasteiger partial charge < -0.3 is 20.0 Å². The molecule has 3 aliphatic rings. The summed E-state index contributed by atoms with van der Waals surface area (Å²) < 4.78 is 4.09. The summed E-state index contributed by atoms with van der Waals surface area (Å²) in [4.78, 5) is 58.2. The Labute approximate surface area is 311 Å². The molecule has 266 valence electrons. The first kappa shape index (κ1) is 34.0. The zero-order chi connectivity index (χ0) is 36.3. The van der Waals surface area contributed by atoms with E-state index < -0.39 is 5.91 Å². The minimum absolute atomic E-state index is 0.107. The summed E-state index contributed by atoms with van der Waals surface area (Å²) in [6.07, 6.45) is 1.72. The Morgan fingerprint density at radius 3 is 2.40 bits per heavy atom. The third-order valence-electron chi connectivity index (χ3n) is 10.7. The molecule has 0 radical (unpaired) electrons. The van der Waals surface area contributed by atoms with Crippen LogP contribution in [0.5, 0.6) is 0 Å². The fraction of sp³-hybridized carbons (Fsp3) is 0.325. The van der Waals surface area contributed by atoms with Gasteiger partial charge in [-0.05, 0) is 87.5 Å². The summed E-state index contributed by atoms with van der Waals surface area (Å²) in [5.41, 5.74) is 6.50. The number of fused-ring (bicyclic) bond motifs is 1. The zero-order valence-corrected chi connectivity index (χ0v) is 31.4. The molecule has 2 fully saturated rings. The lowest BCUT2D eigenvalue weighted by Crippen LogP contribution is -2.71. The van der Waals surface area contributed by atoms with Gasteiger partial charge in [-0.25, -0.2) is 14.8 Å². The molecule has 0 unspecified atom stereocenters. The van der Waals surface area contributed by atoms with E-state index >= 15 is 0 Å². The minimum atomic E-state index is -0.407. The van der Waals surface area contributed by atoms with E-state index in [-0.39, 0.29) is 43.0 Å². The number of hydrogen-bond donors (Lipinski definition) is 1. The topological polar surface area (TPSA) is 109 Å². The molecule has 3 aliphatic heterocycles. The van der Waals surface area contributed by atoms with Crippen LogP contribution >= 0.6 is 15.9 Å². The van der Waals surface area contributed by atoms with Gasteiger partial charge in [0.25, 0.3) is 11.8 Å². The molecule has 52 heavy (non-hydrogen) atoms. The molecule has 5 heterocycles. The van der Waals surface area contributed by atoms with Crippen molar-refractivity contribution in [1.82, 2.24) is 34.2 Å². The Morgan fingerprint density at radius 1 is 0.962 bits per heavy atom. The molecular formula is C40H41BrN8O3. The maximum atomic E-state index is 14.4. The fourth-order valence-corrected chi connectivity index (χ4v) is 8.34. The van der Waals surface area contributed by atoms with E-state index in [0.717, 1.165) is 58.7 Å². The Hall–Kier alpha value is -5.07. The number of rotatable bonds is 7. The van der Waals surface area contributed by atoms with Crippen LogP contribution in [-0.2, 0) is 19.6 Å². The van der Waals surface area contributed by atoms with E-state index in [4.69, 9.17) is 0 Å². The molecule has 2 aromatic heterocycles. The molecule has 1 spiro atoms. The van der Waals surface area contributed by atoms with Gasteiger partial charge in [0.15, 0.2) is 5.82 Å². The number of benzene rings is 3. The van der Waals surface area contributed by atoms with Crippen molar-refractivity contribution in [1.29, 1.82) is 0 Å². The first-order valence-electron chi connectivity index (χ1n) is 17.6. The van der Waals surface area contributed by atoms with Crippen molar-refractivity contribution in [3.8, 4) is 17.1 Å². The third-order valence-corrected chi connectivity index (χ3v) is 11.5. The van der Waals surface area contributed by atoms with Crippen LogP contribution in [0.25, 0.3) is 17.1 Å². The van der Waals surface area contributed by atoms with Gasteiger partial charge in [-0.2, -0.15) is 0 Å². The quantitative estimate of drug-likeness (QED) is 0.243. The number of carbonyl (C=O) groups is 2. The molecule has 8 rings (SSSR count). The molecule has 1 N–H and O–H groups in total. The van der Waals surface area contributed by atoms with Gasteiger partial charge in [-0.1, -0.05) is 40.2 Å². The van der Waals surface area contributed by atoms with Gasteiger partial charge >= 0.3 is 5.69 Å². The van der Waals surface area contributed by atoms with Crippen molar-refractivity contribution in [3.05, 3.63) is 128 Å². The average molecular weight is 762 g/mol. The van der Waals surface area contributed by atoms with Crippen molar-refractivity contribution in [3.63, 3.8) is 0 Å². The third kappa shape index (κ3) is 6.03. The Kier molecular flexibility index (Phi) is 8.62. The Balaban J connectivity index is 1.14. The summed E-state index contributed by atoms with van der Waals surface area (Å²) >= 11 is 3.53. The van der Waals surface area contributed by atoms with Gasteiger partial charge in [0.1, 0.15) is 5.69 Å². The van der Waals surface area contributed by atoms with Gasteiger partial charge in [0.05, 0.1) is 17.9 Å². The maximum Gasteiger partial charge on any atom is 0.333 e. The second-order valence-corrected chi connectivity index (χ2v) is 15.5. The smallest absolute Gasteiger partial charge is 0.333 e. The molecule has 2 saturated heterocycles. The SMILES string of the molecule is Cc1ccnc(-c2ccccc2CNC(=O)c2c3n(c(=O)n2-c2ccc(N4CC5(CN(C)C5)C4)cc2)C[C@H](C)N(C(=O)c2ccc(Br)c(C)c2)C3)n1. The lowest BCUT2D eigenvalue weighted by molar-refractivity contribution is -0.00238. The largest absolute Gasteiger partial charge is 0.370 e. The van der Waals surface area contributed by atoms with Crippen LogP contribution < -0.4 is 15.9 Å². The average Bonchev–Trinajstić information content (AvgIpc) is 3.39. The number of halogens is 1. The van der Waals surface area contributed by atoms with E-state index in [1.165, 1.54) is 4.57 Å². The van der Waals surface area contributed by atoms with Gasteiger partial charge in [-0.15, -0.1) is 0 Å². The van der Waals surface area contributed by atoms with Crippen LogP contribution in [0.2, 0.25) is 0 Å². The number of anilines is 1.